The summed E-state index contributed by atoms with van der Waals surface area (Å²) in [5, 5.41) is 3.17. The van der Waals surface area contributed by atoms with Crippen LogP contribution >= 0.6 is 15.9 Å². The van der Waals surface area contributed by atoms with E-state index in [1.165, 1.54) is 0 Å². The number of nitrogens with zero attached hydrogens (tertiary/aromatic N) is 2. The SMILES string of the molecule is COc1ccc(Br)cc1CN(C)C(=O)NC1CCN(CC(C)C)CC1. The minimum Gasteiger partial charge on any atom is -0.496 e. The lowest BCUT2D eigenvalue weighted by Crippen LogP contribution is -2.48. The predicted octanol–water partition coefficient (Wildman–Crippen LogP) is 3.72. The second-order valence-electron chi connectivity index (χ2n) is 7.23. The first-order valence-corrected chi connectivity index (χ1v) is 9.74. The number of nitrogens with one attached hydrogen (secondary N) is 1. The molecule has 0 unspecified atom stereocenters. The predicted molar refractivity (Wildman–Crippen MR) is 105 cm³/mol. The van der Waals surface area contributed by atoms with Gasteiger partial charge in [-0.1, -0.05) is 29.8 Å². The van der Waals surface area contributed by atoms with Crippen LogP contribution in [0.4, 0.5) is 4.79 Å². The first kappa shape index (κ1) is 20.0. The van der Waals surface area contributed by atoms with Gasteiger partial charge in [-0.25, -0.2) is 4.79 Å². The van der Waals surface area contributed by atoms with Gasteiger partial charge in [0, 0.05) is 42.8 Å². The molecule has 1 aromatic carbocycles. The largest absolute Gasteiger partial charge is 0.496 e. The molecule has 1 aliphatic heterocycles. The van der Waals surface area contributed by atoms with Gasteiger partial charge in [-0.3, -0.25) is 0 Å². The molecule has 1 fully saturated rings. The van der Waals surface area contributed by atoms with Crippen LogP contribution in [0.15, 0.2) is 22.7 Å². The molecule has 6 heteroatoms. The topological polar surface area (TPSA) is 44.8 Å². The standard InChI is InChI=1S/C19H30BrN3O2/c1-14(2)12-23-9-7-17(8-10-23)21-19(24)22(3)13-15-11-16(20)5-6-18(15)25-4/h5-6,11,14,17H,7-10,12-13H2,1-4H3,(H,21,24). The molecule has 1 N–H and O–H groups in total. The maximum Gasteiger partial charge on any atom is 0.317 e. The monoisotopic (exact) mass is 411 g/mol. The fourth-order valence-corrected chi connectivity index (χ4v) is 3.67. The van der Waals surface area contributed by atoms with E-state index in [9.17, 15) is 4.79 Å². The maximum atomic E-state index is 12.5. The number of ether oxygens (including phenoxy) is 1. The first-order chi connectivity index (χ1) is 11.9. The quantitative estimate of drug-likeness (QED) is 0.775. The summed E-state index contributed by atoms with van der Waals surface area (Å²) in [4.78, 5) is 16.7. The van der Waals surface area contributed by atoms with E-state index in [1.54, 1.807) is 12.0 Å². The molecule has 0 radical (unpaired) electrons. The molecule has 2 rings (SSSR count). The molecule has 140 valence electrons. The lowest BCUT2D eigenvalue weighted by Gasteiger charge is -2.34. The van der Waals surface area contributed by atoms with Crippen LogP contribution in [0.2, 0.25) is 0 Å². The molecular formula is C19H30BrN3O2. The van der Waals surface area contributed by atoms with E-state index < -0.39 is 0 Å². The summed E-state index contributed by atoms with van der Waals surface area (Å²) in [6.07, 6.45) is 2.04. The number of piperidine rings is 1. The van der Waals surface area contributed by atoms with Crippen LogP contribution in [0.1, 0.15) is 32.3 Å². The number of carbonyl (C=O) groups excluding carboxylic acids is 1. The average Bonchev–Trinajstić information content (AvgIpc) is 2.56. The molecule has 1 aromatic rings. The minimum absolute atomic E-state index is 0.0238. The van der Waals surface area contributed by atoms with Crippen molar-refractivity contribution in [3.63, 3.8) is 0 Å². The van der Waals surface area contributed by atoms with Crippen LogP contribution in [0.5, 0.6) is 5.75 Å². The van der Waals surface area contributed by atoms with Crippen molar-refractivity contribution in [2.75, 3.05) is 33.8 Å². The maximum absolute atomic E-state index is 12.5. The second kappa shape index (κ2) is 9.43. The van der Waals surface area contributed by atoms with Crippen LogP contribution in [0.25, 0.3) is 0 Å². The third-order valence-corrected chi connectivity index (χ3v) is 5.03. The van der Waals surface area contributed by atoms with Crippen LogP contribution in [0.3, 0.4) is 0 Å². The summed E-state index contributed by atoms with van der Waals surface area (Å²) in [5.74, 6) is 1.49. The third kappa shape index (κ3) is 6.19. The number of carbonyl (C=O) groups is 1. The smallest absolute Gasteiger partial charge is 0.317 e. The highest BCUT2D eigenvalue weighted by atomic mass is 79.9. The van der Waals surface area contributed by atoms with Crippen molar-refractivity contribution in [3.05, 3.63) is 28.2 Å². The molecule has 0 aliphatic carbocycles. The van der Waals surface area contributed by atoms with Crippen LogP contribution in [-0.4, -0.2) is 55.7 Å². The Bertz CT molecular complexity index is 572. The molecule has 5 nitrogen and oxygen atoms in total. The Morgan fingerprint density at radius 2 is 2.08 bits per heavy atom. The fraction of sp³-hybridized carbons (Fsp3) is 0.632. The lowest BCUT2D eigenvalue weighted by molar-refractivity contribution is 0.167. The molecule has 1 heterocycles. The lowest BCUT2D eigenvalue weighted by atomic mass is 10.0. The number of rotatable bonds is 6. The van der Waals surface area contributed by atoms with E-state index in [0.29, 0.717) is 12.5 Å². The molecule has 1 saturated heterocycles. The van der Waals surface area contributed by atoms with Gasteiger partial charge in [0.05, 0.1) is 13.7 Å². The average molecular weight is 412 g/mol. The molecule has 0 spiro atoms. The highest BCUT2D eigenvalue weighted by Crippen LogP contribution is 2.24. The van der Waals surface area contributed by atoms with E-state index in [4.69, 9.17) is 4.74 Å². The zero-order valence-electron chi connectivity index (χ0n) is 15.7. The summed E-state index contributed by atoms with van der Waals surface area (Å²) in [7, 11) is 3.47. The Kier molecular flexibility index (Phi) is 7.56. The Balaban J connectivity index is 1.84. The normalized spacial score (nSPS) is 16.1. The number of hydrogen-bond donors (Lipinski definition) is 1. The van der Waals surface area contributed by atoms with Gasteiger partial charge in [0.1, 0.15) is 5.75 Å². The van der Waals surface area contributed by atoms with E-state index >= 15 is 0 Å². The van der Waals surface area contributed by atoms with Crippen molar-refractivity contribution in [1.29, 1.82) is 0 Å². The first-order valence-electron chi connectivity index (χ1n) is 8.95. The van der Waals surface area contributed by atoms with Gasteiger partial charge in [0.25, 0.3) is 0 Å². The molecule has 1 aliphatic rings. The van der Waals surface area contributed by atoms with E-state index in [0.717, 1.165) is 48.3 Å². The zero-order chi connectivity index (χ0) is 18.4. The van der Waals surface area contributed by atoms with Crippen molar-refractivity contribution >= 4 is 22.0 Å². The number of halogens is 1. The van der Waals surface area contributed by atoms with Crippen LogP contribution in [-0.2, 0) is 6.54 Å². The number of urea groups is 1. The van der Waals surface area contributed by atoms with Gasteiger partial charge in [-0.15, -0.1) is 0 Å². The van der Waals surface area contributed by atoms with Crippen molar-refractivity contribution in [2.24, 2.45) is 5.92 Å². The van der Waals surface area contributed by atoms with E-state index in [2.05, 4.69) is 40.0 Å². The van der Waals surface area contributed by atoms with Crippen molar-refractivity contribution < 1.29 is 9.53 Å². The minimum atomic E-state index is -0.0238. The summed E-state index contributed by atoms with van der Waals surface area (Å²) < 4.78 is 6.37. The number of likely N-dealkylation sites (tertiary alicyclic amines) is 1. The van der Waals surface area contributed by atoms with Crippen molar-refractivity contribution in [3.8, 4) is 5.75 Å². The highest BCUT2D eigenvalue weighted by Gasteiger charge is 2.22. The van der Waals surface area contributed by atoms with Gasteiger partial charge in [0.2, 0.25) is 0 Å². The summed E-state index contributed by atoms with van der Waals surface area (Å²) in [6, 6.07) is 6.09. The molecule has 2 amide bonds. The molecule has 0 atom stereocenters. The van der Waals surface area contributed by atoms with Gasteiger partial charge < -0.3 is 19.9 Å². The van der Waals surface area contributed by atoms with Gasteiger partial charge in [0.15, 0.2) is 0 Å². The second-order valence-corrected chi connectivity index (χ2v) is 8.15. The van der Waals surface area contributed by atoms with Crippen LogP contribution < -0.4 is 10.1 Å². The summed E-state index contributed by atoms with van der Waals surface area (Å²) in [5.41, 5.74) is 0.987. The zero-order valence-corrected chi connectivity index (χ0v) is 17.3. The van der Waals surface area contributed by atoms with Gasteiger partial charge in [-0.05, 0) is 37.0 Å². The third-order valence-electron chi connectivity index (χ3n) is 4.54. The Morgan fingerprint density at radius 1 is 1.40 bits per heavy atom. The van der Waals surface area contributed by atoms with Crippen molar-refractivity contribution in [2.45, 2.75) is 39.3 Å². The molecular weight excluding hydrogens is 382 g/mol. The number of benzene rings is 1. The Labute approximate surface area is 159 Å². The van der Waals surface area contributed by atoms with Gasteiger partial charge >= 0.3 is 6.03 Å². The fourth-order valence-electron chi connectivity index (χ4n) is 3.26. The molecule has 0 saturated carbocycles. The van der Waals surface area contributed by atoms with Crippen molar-refractivity contribution in [1.82, 2.24) is 15.1 Å². The number of methoxy groups -OCH3 is 1. The van der Waals surface area contributed by atoms with E-state index in [-0.39, 0.29) is 12.1 Å². The highest BCUT2D eigenvalue weighted by molar-refractivity contribution is 9.10. The molecule has 0 aromatic heterocycles. The number of amides is 2. The Morgan fingerprint density at radius 3 is 2.68 bits per heavy atom. The van der Waals surface area contributed by atoms with Crippen LogP contribution in [0, 0.1) is 5.92 Å². The molecule has 25 heavy (non-hydrogen) atoms. The summed E-state index contributed by atoms with van der Waals surface area (Å²) >= 11 is 3.48. The van der Waals surface area contributed by atoms with E-state index in [1.807, 2.05) is 25.2 Å². The van der Waals surface area contributed by atoms with Gasteiger partial charge in [-0.2, -0.15) is 0 Å². The summed E-state index contributed by atoms with van der Waals surface area (Å²) in [6.45, 7) is 8.28. The molecule has 0 bridgehead atoms. The number of hydrogen-bond acceptors (Lipinski definition) is 3. The Hall–Kier alpha value is -1.27.